The fraction of sp³-hybridized carbons (Fsp3) is 0.750. The molecule has 0 saturated carbocycles. The van der Waals surface area contributed by atoms with Crippen molar-refractivity contribution >= 4 is 15.9 Å². The largest absolute Gasteiger partial charge is 0.337 e. The molecule has 0 radical (unpaired) electrons. The van der Waals surface area contributed by atoms with Crippen LogP contribution in [-0.2, 0) is 16.6 Å². The summed E-state index contributed by atoms with van der Waals surface area (Å²) in [5.74, 6) is 0.318. The second-order valence-electron chi connectivity index (χ2n) is 6.98. The number of carbonyl (C=O) groups excluding carboxylic acids is 1. The van der Waals surface area contributed by atoms with Crippen LogP contribution in [0.4, 0.5) is 0 Å². The number of rotatable bonds is 6. The highest BCUT2D eigenvalue weighted by atomic mass is 32.2. The van der Waals surface area contributed by atoms with Crippen molar-refractivity contribution in [3.05, 3.63) is 17.5 Å². The third kappa shape index (κ3) is 4.16. The number of hydrogen-bond acceptors (Lipinski definition) is 4. The molecule has 136 valence electrons. The van der Waals surface area contributed by atoms with E-state index in [0.717, 1.165) is 24.9 Å². The predicted octanol–water partition coefficient (Wildman–Crippen LogP) is 1.25. The maximum absolute atomic E-state index is 12.9. The minimum absolute atomic E-state index is 0.0710. The summed E-state index contributed by atoms with van der Waals surface area (Å²) < 4.78 is 27.7. The molecule has 0 unspecified atom stereocenters. The topological polar surface area (TPSA) is 84.3 Å². The number of amides is 1. The molecule has 8 heteroatoms. The lowest BCUT2D eigenvalue weighted by atomic mass is 9.92. The number of sulfonamides is 1. The Labute approximate surface area is 144 Å². The molecule has 0 bridgehead atoms. The standard InChI is InChI=1S/C16H28N4O3S/c1-6-7-20-12(4)13(8-17-20)16(21)19-9-14(11(2)3)15(10-19)18-24(5,22)23/h8,11,14-15,18H,6-7,9-10H2,1-5H3/t14-,15+/m0/s1. The van der Waals surface area contributed by atoms with Gasteiger partial charge in [0.1, 0.15) is 0 Å². The Morgan fingerprint density at radius 1 is 1.42 bits per heavy atom. The summed E-state index contributed by atoms with van der Waals surface area (Å²) in [6.07, 6.45) is 3.73. The number of nitrogens with zero attached hydrogens (tertiary/aromatic N) is 3. The first-order valence-corrected chi connectivity index (χ1v) is 10.3. The fourth-order valence-corrected chi connectivity index (χ4v) is 4.13. The van der Waals surface area contributed by atoms with E-state index in [1.807, 2.05) is 11.6 Å². The third-order valence-corrected chi connectivity index (χ3v) is 5.37. The minimum atomic E-state index is -3.30. The van der Waals surface area contributed by atoms with Gasteiger partial charge >= 0.3 is 0 Å². The zero-order valence-corrected chi connectivity index (χ0v) is 15.9. The van der Waals surface area contributed by atoms with Crippen LogP contribution < -0.4 is 4.72 Å². The average Bonchev–Trinajstić information content (AvgIpc) is 3.02. The Morgan fingerprint density at radius 3 is 2.62 bits per heavy atom. The zero-order valence-electron chi connectivity index (χ0n) is 15.1. The molecule has 1 amide bonds. The van der Waals surface area contributed by atoms with E-state index in [4.69, 9.17) is 0 Å². The maximum atomic E-state index is 12.9. The van der Waals surface area contributed by atoms with Gasteiger partial charge in [0.05, 0.1) is 18.0 Å². The highest BCUT2D eigenvalue weighted by molar-refractivity contribution is 7.88. The lowest BCUT2D eigenvalue weighted by Gasteiger charge is -2.21. The number of likely N-dealkylation sites (tertiary alicyclic amines) is 1. The molecule has 1 fully saturated rings. The normalized spacial score (nSPS) is 21.7. The highest BCUT2D eigenvalue weighted by Crippen LogP contribution is 2.26. The smallest absolute Gasteiger partial charge is 0.257 e. The van der Waals surface area contributed by atoms with E-state index < -0.39 is 10.0 Å². The molecule has 2 rings (SSSR count). The second-order valence-corrected chi connectivity index (χ2v) is 8.76. The van der Waals surface area contributed by atoms with Crippen LogP contribution in [0.15, 0.2) is 6.20 Å². The van der Waals surface area contributed by atoms with Crippen LogP contribution in [-0.4, -0.2) is 54.4 Å². The van der Waals surface area contributed by atoms with Crippen LogP contribution in [0.25, 0.3) is 0 Å². The molecule has 1 saturated heterocycles. The number of aromatic nitrogens is 2. The molecule has 1 aliphatic rings. The first-order chi connectivity index (χ1) is 11.1. The van der Waals surface area contributed by atoms with Gasteiger partial charge in [-0.1, -0.05) is 20.8 Å². The molecule has 0 aliphatic carbocycles. The summed E-state index contributed by atoms with van der Waals surface area (Å²) in [6, 6.07) is -0.241. The van der Waals surface area contributed by atoms with Crippen molar-refractivity contribution in [2.75, 3.05) is 19.3 Å². The Balaban J connectivity index is 2.19. The molecule has 24 heavy (non-hydrogen) atoms. The van der Waals surface area contributed by atoms with Gasteiger partial charge in [-0.25, -0.2) is 13.1 Å². The molecule has 1 aliphatic heterocycles. The van der Waals surface area contributed by atoms with E-state index >= 15 is 0 Å². The molecule has 1 aromatic rings. The van der Waals surface area contributed by atoms with Crippen LogP contribution in [0.2, 0.25) is 0 Å². The molecule has 2 heterocycles. The quantitative estimate of drug-likeness (QED) is 0.831. The second kappa shape index (κ2) is 7.23. The van der Waals surface area contributed by atoms with E-state index in [2.05, 4.69) is 30.6 Å². The molecule has 0 aromatic carbocycles. The maximum Gasteiger partial charge on any atom is 0.257 e. The van der Waals surface area contributed by atoms with Crippen LogP contribution in [0.1, 0.15) is 43.2 Å². The van der Waals surface area contributed by atoms with Gasteiger partial charge in [-0.3, -0.25) is 9.48 Å². The van der Waals surface area contributed by atoms with Gasteiger partial charge in [-0.15, -0.1) is 0 Å². The molecule has 1 N–H and O–H groups in total. The van der Waals surface area contributed by atoms with Crippen molar-refractivity contribution in [1.29, 1.82) is 0 Å². The van der Waals surface area contributed by atoms with Gasteiger partial charge in [0.25, 0.3) is 5.91 Å². The first-order valence-electron chi connectivity index (χ1n) is 8.43. The number of nitrogens with one attached hydrogen (secondary N) is 1. The first kappa shape index (κ1) is 18.9. The van der Waals surface area contributed by atoms with Gasteiger partial charge in [0.2, 0.25) is 10.0 Å². The van der Waals surface area contributed by atoms with Gasteiger partial charge in [-0.05, 0) is 25.2 Å². The lowest BCUT2D eigenvalue weighted by Crippen LogP contribution is -2.41. The molecular weight excluding hydrogens is 328 g/mol. The number of carbonyl (C=O) groups is 1. The van der Waals surface area contributed by atoms with Crippen LogP contribution >= 0.6 is 0 Å². The number of aryl methyl sites for hydroxylation is 1. The third-order valence-electron chi connectivity index (χ3n) is 4.64. The van der Waals surface area contributed by atoms with E-state index in [-0.39, 0.29) is 23.8 Å². The summed E-state index contributed by atoms with van der Waals surface area (Å²) in [5.41, 5.74) is 1.47. The van der Waals surface area contributed by atoms with Gasteiger partial charge in [0.15, 0.2) is 0 Å². The summed E-state index contributed by atoms with van der Waals surface area (Å²) in [7, 11) is -3.30. The summed E-state index contributed by atoms with van der Waals surface area (Å²) >= 11 is 0. The molecule has 1 aromatic heterocycles. The van der Waals surface area contributed by atoms with Crippen molar-refractivity contribution in [1.82, 2.24) is 19.4 Å². The van der Waals surface area contributed by atoms with Crippen molar-refractivity contribution in [2.24, 2.45) is 11.8 Å². The SMILES string of the molecule is CCCn1ncc(C(=O)N2C[C@@H](NS(C)(=O)=O)[C@H](C(C)C)C2)c1C. The molecule has 0 spiro atoms. The van der Waals surface area contributed by atoms with Crippen molar-refractivity contribution in [3.8, 4) is 0 Å². The summed E-state index contributed by atoms with van der Waals surface area (Å²) in [4.78, 5) is 14.6. The van der Waals surface area contributed by atoms with E-state index in [1.54, 1.807) is 11.1 Å². The fourth-order valence-electron chi connectivity index (χ4n) is 3.33. The van der Waals surface area contributed by atoms with E-state index in [1.165, 1.54) is 0 Å². The van der Waals surface area contributed by atoms with Crippen molar-refractivity contribution in [2.45, 2.75) is 46.7 Å². The molecule has 2 atom stereocenters. The van der Waals surface area contributed by atoms with Gasteiger partial charge in [-0.2, -0.15) is 5.10 Å². The van der Waals surface area contributed by atoms with Gasteiger partial charge < -0.3 is 4.90 Å². The number of hydrogen-bond donors (Lipinski definition) is 1. The van der Waals surface area contributed by atoms with Crippen molar-refractivity contribution in [3.63, 3.8) is 0 Å². The Kier molecular flexibility index (Phi) is 5.70. The summed E-state index contributed by atoms with van der Waals surface area (Å²) in [6.45, 7) is 9.82. The van der Waals surface area contributed by atoms with Gasteiger partial charge in [0, 0.05) is 31.4 Å². The summed E-state index contributed by atoms with van der Waals surface area (Å²) in [5, 5.41) is 4.29. The highest BCUT2D eigenvalue weighted by Gasteiger charge is 2.39. The van der Waals surface area contributed by atoms with Crippen molar-refractivity contribution < 1.29 is 13.2 Å². The Morgan fingerprint density at radius 2 is 2.08 bits per heavy atom. The Hall–Kier alpha value is -1.41. The average molecular weight is 356 g/mol. The molecular formula is C16H28N4O3S. The molecule has 7 nitrogen and oxygen atoms in total. The zero-order chi connectivity index (χ0) is 18.1. The van der Waals surface area contributed by atoms with Crippen LogP contribution in [0.3, 0.4) is 0 Å². The minimum Gasteiger partial charge on any atom is -0.337 e. The predicted molar refractivity (Wildman–Crippen MR) is 93.3 cm³/mol. The van der Waals surface area contributed by atoms with E-state index in [0.29, 0.717) is 18.7 Å². The Bertz CT molecular complexity index is 696. The van der Waals surface area contributed by atoms with Crippen LogP contribution in [0.5, 0.6) is 0 Å². The monoisotopic (exact) mass is 356 g/mol. The van der Waals surface area contributed by atoms with E-state index in [9.17, 15) is 13.2 Å². The lowest BCUT2D eigenvalue weighted by molar-refractivity contribution is 0.0782. The van der Waals surface area contributed by atoms with Crippen LogP contribution in [0, 0.1) is 18.8 Å².